The topological polar surface area (TPSA) is 43.1 Å². The molecule has 1 aromatic rings. The Morgan fingerprint density at radius 3 is 2.35 bits per heavy atom. The van der Waals surface area contributed by atoms with Crippen LogP contribution in [-0.4, -0.2) is 12.8 Å². The van der Waals surface area contributed by atoms with Gasteiger partial charge in [-0.25, -0.2) is 0 Å². The summed E-state index contributed by atoms with van der Waals surface area (Å²) in [7, 11) is 0. The van der Waals surface area contributed by atoms with E-state index in [2.05, 4.69) is 52.0 Å². The lowest BCUT2D eigenvalue weighted by Crippen LogP contribution is -2.28. The minimum Gasteiger partial charge on any atom is -0.327 e. The number of carbonyl (C=O) groups is 1. The summed E-state index contributed by atoms with van der Waals surface area (Å²) in [5.74, 6) is 0. The molecule has 23 heavy (non-hydrogen) atoms. The van der Waals surface area contributed by atoms with Crippen molar-refractivity contribution in [2.24, 2.45) is 16.6 Å². The first-order valence-corrected chi connectivity index (χ1v) is 8.52. The summed E-state index contributed by atoms with van der Waals surface area (Å²) in [6.07, 6.45) is 8.65. The zero-order chi connectivity index (χ0) is 17.1. The van der Waals surface area contributed by atoms with Crippen LogP contribution in [0.3, 0.4) is 0 Å². The Labute approximate surface area is 140 Å². The molecule has 2 nitrogen and oxygen atoms in total. The minimum atomic E-state index is 0.0792. The molecule has 0 bridgehead atoms. The van der Waals surface area contributed by atoms with E-state index in [1.165, 1.54) is 16.7 Å². The first kappa shape index (κ1) is 17.7. The van der Waals surface area contributed by atoms with E-state index in [0.717, 1.165) is 31.1 Å². The van der Waals surface area contributed by atoms with Crippen LogP contribution in [0.5, 0.6) is 0 Å². The van der Waals surface area contributed by atoms with E-state index in [0.29, 0.717) is 6.54 Å². The molecule has 0 saturated carbocycles. The Morgan fingerprint density at radius 2 is 1.83 bits per heavy atom. The third-order valence-electron chi connectivity index (χ3n) is 5.33. The van der Waals surface area contributed by atoms with E-state index >= 15 is 0 Å². The summed E-state index contributed by atoms with van der Waals surface area (Å²) < 4.78 is 0. The molecule has 1 aliphatic rings. The summed E-state index contributed by atoms with van der Waals surface area (Å²) in [6.45, 7) is 9.85. The Bertz CT molecular complexity index is 622. The van der Waals surface area contributed by atoms with Crippen LogP contribution < -0.4 is 5.73 Å². The molecule has 1 aromatic carbocycles. The number of nitrogens with two attached hydrogens (primary N) is 1. The highest BCUT2D eigenvalue weighted by atomic mass is 16.1. The molecule has 0 saturated heterocycles. The first-order chi connectivity index (χ1) is 10.9. The molecule has 1 aliphatic carbocycles. The van der Waals surface area contributed by atoms with E-state index in [-0.39, 0.29) is 10.8 Å². The molecular formula is C21H29NO. The van der Waals surface area contributed by atoms with Gasteiger partial charge in [-0.15, -0.1) is 0 Å². The van der Waals surface area contributed by atoms with Gasteiger partial charge in [0.15, 0.2) is 0 Å². The molecule has 124 valence electrons. The first-order valence-electron chi connectivity index (χ1n) is 8.52. The van der Waals surface area contributed by atoms with Crippen molar-refractivity contribution < 1.29 is 4.79 Å². The molecule has 0 spiro atoms. The average Bonchev–Trinajstić information content (AvgIpc) is 2.65. The van der Waals surface area contributed by atoms with Crippen molar-refractivity contribution in [2.75, 3.05) is 6.54 Å². The number of hydrogen-bond acceptors (Lipinski definition) is 2. The van der Waals surface area contributed by atoms with Crippen LogP contribution >= 0.6 is 0 Å². The lowest BCUT2D eigenvalue weighted by atomic mass is 9.66. The largest absolute Gasteiger partial charge is 0.327 e. The number of benzene rings is 1. The van der Waals surface area contributed by atoms with E-state index in [4.69, 9.17) is 5.73 Å². The summed E-state index contributed by atoms with van der Waals surface area (Å²) in [5, 5.41) is 0. The molecule has 0 heterocycles. The van der Waals surface area contributed by atoms with Gasteiger partial charge >= 0.3 is 0 Å². The number of allylic oxidation sites excluding steroid dienone is 3. The third kappa shape index (κ3) is 3.64. The highest BCUT2D eigenvalue weighted by molar-refractivity contribution is 5.77. The number of hydrogen-bond donors (Lipinski definition) is 1. The molecule has 2 N–H and O–H groups in total. The second-order valence-electron chi connectivity index (χ2n) is 7.50. The lowest BCUT2D eigenvalue weighted by Gasteiger charge is -2.39. The second-order valence-corrected chi connectivity index (χ2v) is 7.50. The molecule has 0 amide bonds. The van der Waals surface area contributed by atoms with Crippen LogP contribution in [-0.2, 0) is 0 Å². The average molecular weight is 311 g/mol. The lowest BCUT2D eigenvalue weighted by molar-refractivity contribution is 0.112. The van der Waals surface area contributed by atoms with E-state index < -0.39 is 0 Å². The van der Waals surface area contributed by atoms with Gasteiger partial charge in [-0.3, -0.25) is 4.79 Å². The fraction of sp³-hybridized carbons (Fsp3) is 0.476. The maximum atomic E-state index is 10.9. The standard InChI is InChI=1S/C21H29NO/c1-5-21(4)12-10-18(14-20(2,3)19(21)11-13-22)17-8-6-16(15-23)7-9-17/h6-11,15H,5,12-14,22H2,1-4H3/b19-11-/t21-/m1/s1. The highest BCUT2D eigenvalue weighted by Gasteiger charge is 2.38. The van der Waals surface area contributed by atoms with Crippen LogP contribution in [0.1, 0.15) is 62.9 Å². The highest BCUT2D eigenvalue weighted by Crippen LogP contribution is 2.51. The van der Waals surface area contributed by atoms with E-state index in [1.54, 1.807) is 0 Å². The van der Waals surface area contributed by atoms with Gasteiger partial charge in [-0.05, 0) is 41.2 Å². The monoisotopic (exact) mass is 311 g/mol. The van der Waals surface area contributed by atoms with E-state index in [9.17, 15) is 4.79 Å². The summed E-state index contributed by atoms with van der Waals surface area (Å²) >= 11 is 0. The fourth-order valence-corrected chi connectivity index (χ4v) is 3.89. The SMILES string of the molecule is CC[C@]1(C)CC=C(c2ccc(C=O)cc2)CC(C)(C)/C1=C/CN. The van der Waals surface area contributed by atoms with Crippen molar-refractivity contribution in [3.8, 4) is 0 Å². The zero-order valence-electron chi connectivity index (χ0n) is 14.9. The van der Waals surface area contributed by atoms with Crippen LogP contribution in [0.15, 0.2) is 42.0 Å². The summed E-state index contributed by atoms with van der Waals surface area (Å²) in [5.41, 5.74) is 10.9. The van der Waals surface area contributed by atoms with Gasteiger partial charge in [-0.2, -0.15) is 0 Å². The Hall–Kier alpha value is -1.67. The Balaban J connectivity index is 2.45. The molecule has 0 aromatic heterocycles. The predicted molar refractivity (Wildman–Crippen MR) is 98.4 cm³/mol. The predicted octanol–water partition coefficient (Wildman–Crippen LogP) is 5.00. The smallest absolute Gasteiger partial charge is 0.150 e. The van der Waals surface area contributed by atoms with Gasteiger partial charge in [0.2, 0.25) is 0 Å². The van der Waals surface area contributed by atoms with Crippen LogP contribution in [0, 0.1) is 10.8 Å². The second kappa shape index (κ2) is 6.84. The normalized spacial score (nSPS) is 25.8. The molecule has 0 unspecified atom stereocenters. The summed E-state index contributed by atoms with van der Waals surface area (Å²) in [4.78, 5) is 10.9. The van der Waals surface area contributed by atoms with Crippen molar-refractivity contribution in [3.63, 3.8) is 0 Å². The molecule has 0 fully saturated rings. The van der Waals surface area contributed by atoms with Gasteiger partial charge in [-0.1, -0.05) is 69.7 Å². The quantitative estimate of drug-likeness (QED) is 0.628. The number of rotatable bonds is 4. The molecular weight excluding hydrogens is 282 g/mol. The fourth-order valence-electron chi connectivity index (χ4n) is 3.89. The van der Waals surface area contributed by atoms with E-state index in [1.807, 2.05) is 12.1 Å². The molecule has 0 radical (unpaired) electrons. The van der Waals surface area contributed by atoms with Crippen LogP contribution in [0.25, 0.3) is 5.57 Å². The van der Waals surface area contributed by atoms with Crippen molar-refractivity contribution >= 4 is 11.9 Å². The van der Waals surface area contributed by atoms with Crippen LogP contribution in [0.4, 0.5) is 0 Å². The van der Waals surface area contributed by atoms with Crippen molar-refractivity contribution in [3.05, 3.63) is 53.1 Å². The van der Waals surface area contributed by atoms with Crippen LogP contribution in [0.2, 0.25) is 0 Å². The third-order valence-corrected chi connectivity index (χ3v) is 5.33. The van der Waals surface area contributed by atoms with Crippen molar-refractivity contribution in [2.45, 2.75) is 47.0 Å². The maximum Gasteiger partial charge on any atom is 0.150 e. The molecule has 0 aliphatic heterocycles. The van der Waals surface area contributed by atoms with Gasteiger partial charge in [0.25, 0.3) is 0 Å². The molecule has 2 heteroatoms. The molecule has 1 atom stereocenters. The Morgan fingerprint density at radius 1 is 1.17 bits per heavy atom. The van der Waals surface area contributed by atoms with Crippen molar-refractivity contribution in [1.82, 2.24) is 0 Å². The minimum absolute atomic E-state index is 0.0792. The Kier molecular flexibility index (Phi) is 5.26. The number of aldehydes is 1. The van der Waals surface area contributed by atoms with Gasteiger partial charge < -0.3 is 5.73 Å². The van der Waals surface area contributed by atoms with Crippen molar-refractivity contribution in [1.29, 1.82) is 0 Å². The van der Waals surface area contributed by atoms with Gasteiger partial charge in [0, 0.05) is 12.1 Å². The van der Waals surface area contributed by atoms with Gasteiger partial charge in [0.05, 0.1) is 0 Å². The maximum absolute atomic E-state index is 10.9. The number of carbonyl (C=O) groups excluding carboxylic acids is 1. The zero-order valence-corrected chi connectivity index (χ0v) is 14.9. The van der Waals surface area contributed by atoms with Gasteiger partial charge in [0.1, 0.15) is 6.29 Å². The summed E-state index contributed by atoms with van der Waals surface area (Å²) in [6, 6.07) is 7.92. The molecule has 2 rings (SSSR count).